The summed E-state index contributed by atoms with van der Waals surface area (Å²) < 4.78 is 1.71. The Labute approximate surface area is 162 Å². The van der Waals surface area contributed by atoms with Crippen molar-refractivity contribution in [2.24, 2.45) is 11.8 Å². The molecule has 1 aromatic rings. The zero-order chi connectivity index (χ0) is 20.7. The van der Waals surface area contributed by atoms with Crippen LogP contribution in [0.15, 0.2) is 10.9 Å². The third kappa shape index (κ3) is 6.85. The van der Waals surface area contributed by atoms with Gasteiger partial charge in [0.15, 0.2) is 0 Å². The summed E-state index contributed by atoms with van der Waals surface area (Å²) in [5.41, 5.74) is 1.65. The first kappa shape index (κ1) is 22.9. The van der Waals surface area contributed by atoms with E-state index in [0.717, 1.165) is 24.1 Å². The van der Waals surface area contributed by atoms with Gasteiger partial charge in [0.05, 0.1) is 6.42 Å². The number of amides is 1. The van der Waals surface area contributed by atoms with E-state index in [1.807, 2.05) is 27.7 Å². The molecular weight excluding hydrogens is 344 g/mol. The highest BCUT2D eigenvalue weighted by Gasteiger charge is 2.22. The molecule has 6 nitrogen and oxygen atoms in total. The zero-order valence-corrected chi connectivity index (χ0v) is 17.5. The van der Waals surface area contributed by atoms with E-state index in [-0.39, 0.29) is 23.5 Å². The zero-order valence-electron chi connectivity index (χ0n) is 17.5. The fourth-order valence-electron chi connectivity index (χ4n) is 3.33. The quantitative estimate of drug-likeness (QED) is 0.653. The minimum atomic E-state index is -0.965. The number of carboxylic acid groups (broad SMARTS) is 1. The van der Waals surface area contributed by atoms with Crippen LogP contribution in [0, 0.1) is 18.8 Å². The lowest BCUT2D eigenvalue weighted by Crippen LogP contribution is -2.41. The van der Waals surface area contributed by atoms with Gasteiger partial charge in [0.1, 0.15) is 5.56 Å². The van der Waals surface area contributed by atoms with Crippen LogP contribution in [0.25, 0.3) is 0 Å². The van der Waals surface area contributed by atoms with E-state index in [4.69, 9.17) is 5.11 Å². The van der Waals surface area contributed by atoms with Crippen LogP contribution in [0.2, 0.25) is 0 Å². The lowest BCUT2D eigenvalue weighted by Gasteiger charge is -2.21. The highest BCUT2D eigenvalue weighted by molar-refractivity contribution is 5.94. The van der Waals surface area contributed by atoms with Crippen molar-refractivity contribution < 1.29 is 14.7 Å². The Kier molecular flexibility index (Phi) is 8.73. The Bertz CT molecular complexity index is 720. The molecule has 0 aromatic carbocycles. The second kappa shape index (κ2) is 10.3. The van der Waals surface area contributed by atoms with Gasteiger partial charge in [-0.2, -0.15) is 0 Å². The number of aromatic nitrogens is 1. The normalized spacial score (nSPS) is 12.4. The van der Waals surface area contributed by atoms with Crippen LogP contribution in [-0.2, 0) is 17.8 Å². The molecule has 1 unspecified atom stereocenters. The minimum Gasteiger partial charge on any atom is -0.481 e. The van der Waals surface area contributed by atoms with Crippen molar-refractivity contribution in [3.63, 3.8) is 0 Å². The number of rotatable bonds is 10. The fourth-order valence-corrected chi connectivity index (χ4v) is 3.33. The molecule has 2 N–H and O–H groups in total. The first-order valence-electron chi connectivity index (χ1n) is 9.82. The molecule has 152 valence electrons. The fraction of sp³-hybridized carbons (Fsp3) is 0.667. The van der Waals surface area contributed by atoms with Crippen molar-refractivity contribution in [3.05, 3.63) is 33.2 Å². The van der Waals surface area contributed by atoms with E-state index in [1.54, 1.807) is 10.6 Å². The molecule has 1 heterocycles. The van der Waals surface area contributed by atoms with Crippen molar-refractivity contribution in [2.75, 3.05) is 0 Å². The second-order valence-corrected chi connectivity index (χ2v) is 8.08. The van der Waals surface area contributed by atoms with E-state index in [9.17, 15) is 14.4 Å². The molecule has 1 amide bonds. The third-order valence-corrected chi connectivity index (χ3v) is 4.64. The van der Waals surface area contributed by atoms with Crippen molar-refractivity contribution in [2.45, 2.75) is 79.8 Å². The van der Waals surface area contributed by atoms with Crippen LogP contribution in [-0.4, -0.2) is 27.6 Å². The molecule has 0 fully saturated rings. The smallest absolute Gasteiger partial charge is 0.305 e. The van der Waals surface area contributed by atoms with Gasteiger partial charge in [0, 0.05) is 18.3 Å². The Morgan fingerprint density at radius 3 is 2.30 bits per heavy atom. The summed E-state index contributed by atoms with van der Waals surface area (Å²) in [6.07, 6.45) is 1.96. The molecule has 0 aliphatic heterocycles. The maximum Gasteiger partial charge on any atom is 0.305 e. The molecule has 1 rings (SSSR count). The molecule has 0 aliphatic carbocycles. The Morgan fingerprint density at radius 2 is 1.81 bits per heavy atom. The van der Waals surface area contributed by atoms with Crippen LogP contribution in [0.1, 0.15) is 75.5 Å². The molecular formula is C21H34N2O4. The van der Waals surface area contributed by atoms with E-state index < -0.39 is 17.9 Å². The molecule has 0 aliphatic rings. The van der Waals surface area contributed by atoms with Crippen LogP contribution in [0.3, 0.4) is 0 Å². The lowest BCUT2D eigenvalue weighted by atomic mass is 10.0. The maximum absolute atomic E-state index is 13.0. The monoisotopic (exact) mass is 378 g/mol. The summed E-state index contributed by atoms with van der Waals surface area (Å²) >= 11 is 0. The standard InChI is InChI=1S/C21H34N2O4/c1-7-18-15(6)11-17(21(27)23(18)9-8-13(2)3)20(26)22-16(10-14(4)5)12-19(24)25/h11,13-14,16H,7-10,12H2,1-6H3,(H,22,26)(H,24,25). The predicted molar refractivity (Wildman–Crippen MR) is 107 cm³/mol. The SMILES string of the molecule is CCc1c(C)cc(C(=O)NC(CC(=O)O)CC(C)C)c(=O)n1CCC(C)C. The van der Waals surface area contributed by atoms with Gasteiger partial charge >= 0.3 is 5.97 Å². The average Bonchev–Trinajstić information content (AvgIpc) is 2.53. The molecule has 1 aromatic heterocycles. The van der Waals surface area contributed by atoms with Gasteiger partial charge in [-0.15, -0.1) is 0 Å². The van der Waals surface area contributed by atoms with Crippen molar-refractivity contribution in [1.29, 1.82) is 0 Å². The van der Waals surface area contributed by atoms with Gasteiger partial charge in [-0.3, -0.25) is 14.4 Å². The topological polar surface area (TPSA) is 88.4 Å². The maximum atomic E-state index is 13.0. The Morgan fingerprint density at radius 1 is 1.19 bits per heavy atom. The van der Waals surface area contributed by atoms with Gasteiger partial charge in [0.25, 0.3) is 11.5 Å². The lowest BCUT2D eigenvalue weighted by molar-refractivity contribution is -0.137. The Balaban J connectivity index is 3.21. The van der Waals surface area contributed by atoms with E-state index in [1.165, 1.54) is 0 Å². The summed E-state index contributed by atoms with van der Waals surface area (Å²) in [5.74, 6) is -0.768. The molecule has 0 saturated carbocycles. The number of hydrogen-bond acceptors (Lipinski definition) is 3. The van der Waals surface area contributed by atoms with Crippen LogP contribution in [0.5, 0.6) is 0 Å². The minimum absolute atomic E-state index is 0.0904. The molecule has 0 bridgehead atoms. The molecule has 1 atom stereocenters. The molecule has 6 heteroatoms. The van der Waals surface area contributed by atoms with Crippen LogP contribution in [0.4, 0.5) is 0 Å². The van der Waals surface area contributed by atoms with Crippen molar-refractivity contribution >= 4 is 11.9 Å². The van der Waals surface area contributed by atoms with Crippen molar-refractivity contribution in [1.82, 2.24) is 9.88 Å². The number of aryl methyl sites for hydroxylation is 1. The number of carbonyl (C=O) groups is 2. The number of carbonyl (C=O) groups excluding carboxylic acids is 1. The van der Waals surface area contributed by atoms with Gasteiger partial charge in [-0.1, -0.05) is 34.6 Å². The highest BCUT2D eigenvalue weighted by Crippen LogP contribution is 2.13. The average molecular weight is 379 g/mol. The molecule has 27 heavy (non-hydrogen) atoms. The summed E-state index contributed by atoms with van der Waals surface area (Å²) in [4.78, 5) is 36.8. The number of pyridine rings is 1. The molecule has 0 saturated heterocycles. The van der Waals surface area contributed by atoms with Gasteiger partial charge in [-0.25, -0.2) is 0 Å². The van der Waals surface area contributed by atoms with E-state index in [2.05, 4.69) is 19.2 Å². The van der Waals surface area contributed by atoms with E-state index >= 15 is 0 Å². The highest BCUT2D eigenvalue weighted by atomic mass is 16.4. The largest absolute Gasteiger partial charge is 0.481 e. The van der Waals surface area contributed by atoms with E-state index in [0.29, 0.717) is 18.9 Å². The van der Waals surface area contributed by atoms with Crippen LogP contribution >= 0.6 is 0 Å². The predicted octanol–water partition coefficient (Wildman–Crippen LogP) is 3.38. The van der Waals surface area contributed by atoms with Crippen molar-refractivity contribution in [3.8, 4) is 0 Å². The van der Waals surface area contributed by atoms with Gasteiger partial charge in [0.2, 0.25) is 0 Å². The summed E-state index contributed by atoms with van der Waals surface area (Å²) in [7, 11) is 0. The number of nitrogens with one attached hydrogen (secondary N) is 1. The van der Waals surface area contributed by atoms with Gasteiger partial charge < -0.3 is 15.0 Å². The number of aliphatic carboxylic acids is 1. The van der Waals surface area contributed by atoms with Gasteiger partial charge in [-0.05, 0) is 49.7 Å². The summed E-state index contributed by atoms with van der Waals surface area (Å²) in [6.45, 7) is 12.6. The third-order valence-electron chi connectivity index (χ3n) is 4.64. The first-order chi connectivity index (χ1) is 12.6. The number of hydrogen-bond donors (Lipinski definition) is 2. The summed E-state index contributed by atoms with van der Waals surface area (Å²) in [5, 5.41) is 11.9. The Hall–Kier alpha value is -2.11. The van der Waals surface area contributed by atoms with Crippen LogP contribution < -0.4 is 10.9 Å². The number of nitrogens with zero attached hydrogens (tertiary/aromatic N) is 1. The molecule has 0 spiro atoms. The number of carboxylic acids is 1. The second-order valence-electron chi connectivity index (χ2n) is 8.08. The molecule has 0 radical (unpaired) electrons. The summed E-state index contributed by atoms with van der Waals surface area (Å²) in [6, 6.07) is 1.14. The first-order valence-corrected chi connectivity index (χ1v) is 9.82.